The van der Waals surface area contributed by atoms with E-state index in [1.165, 1.54) is 36.3 Å². The predicted octanol–water partition coefficient (Wildman–Crippen LogP) is 0.160. The molecule has 0 saturated carbocycles. The first-order valence-electron chi connectivity index (χ1n) is 5.11. The lowest BCUT2D eigenvalue weighted by Crippen LogP contribution is -3.00. The van der Waals surface area contributed by atoms with Crippen molar-refractivity contribution in [3.8, 4) is 0 Å². The first-order chi connectivity index (χ1) is 6.38. The van der Waals surface area contributed by atoms with Crippen LogP contribution in [0.5, 0.6) is 0 Å². The summed E-state index contributed by atoms with van der Waals surface area (Å²) in [6, 6.07) is 8.90. The zero-order valence-corrected chi connectivity index (χ0v) is 10.2. The van der Waals surface area contributed by atoms with Gasteiger partial charge >= 0.3 is 0 Å². The number of aryl methyl sites for hydroxylation is 1. The largest absolute Gasteiger partial charge is 1.00 e. The molecule has 0 atom stereocenters. The van der Waals surface area contributed by atoms with Crippen molar-refractivity contribution in [1.29, 1.82) is 0 Å². The van der Waals surface area contributed by atoms with E-state index in [1.807, 2.05) is 0 Å². The van der Waals surface area contributed by atoms with Crippen LogP contribution in [0.15, 0.2) is 29.2 Å². The third-order valence-corrected chi connectivity index (χ3v) is 5.33. The van der Waals surface area contributed by atoms with Crippen molar-refractivity contribution in [3.05, 3.63) is 29.8 Å². The Morgan fingerprint density at radius 1 is 1.00 bits per heavy atom. The monoisotopic (exact) mass is 228 g/mol. The molecule has 0 spiro atoms. The summed E-state index contributed by atoms with van der Waals surface area (Å²) >= 11 is 0. The molecule has 1 aromatic rings. The van der Waals surface area contributed by atoms with E-state index in [0.717, 1.165) is 0 Å². The number of rotatable bonds is 1. The molecule has 0 amide bonds. The second kappa shape index (κ2) is 5.67. The number of hydrogen-bond donors (Lipinski definition) is 0. The van der Waals surface area contributed by atoms with E-state index >= 15 is 0 Å². The molecule has 1 heterocycles. The molecule has 0 unspecified atom stereocenters. The second-order valence-corrected chi connectivity index (χ2v) is 5.97. The number of halogens is 1. The highest BCUT2D eigenvalue weighted by molar-refractivity contribution is 7.97. The Morgan fingerprint density at radius 2 is 1.64 bits per heavy atom. The summed E-state index contributed by atoms with van der Waals surface area (Å²) in [5, 5.41) is 0. The van der Waals surface area contributed by atoms with Crippen molar-refractivity contribution in [2.75, 3.05) is 11.5 Å². The van der Waals surface area contributed by atoms with E-state index in [1.54, 1.807) is 4.90 Å². The second-order valence-electron chi connectivity index (χ2n) is 3.73. The SMILES string of the molecule is Cc1ccccc1[S+]1CCCCC1.[Cl-]. The van der Waals surface area contributed by atoms with Crippen molar-refractivity contribution >= 4 is 10.9 Å². The maximum Gasteiger partial charge on any atom is 0.157 e. The molecule has 1 saturated heterocycles. The van der Waals surface area contributed by atoms with Crippen LogP contribution in [0.4, 0.5) is 0 Å². The average Bonchev–Trinajstić information content (AvgIpc) is 2.20. The van der Waals surface area contributed by atoms with Crippen LogP contribution in [-0.4, -0.2) is 11.5 Å². The van der Waals surface area contributed by atoms with E-state index < -0.39 is 0 Å². The summed E-state index contributed by atoms with van der Waals surface area (Å²) in [7, 11) is 0.580. The molecule has 2 rings (SSSR count). The summed E-state index contributed by atoms with van der Waals surface area (Å²) in [6.07, 6.45) is 4.34. The summed E-state index contributed by atoms with van der Waals surface area (Å²) in [6.45, 7) is 2.25. The van der Waals surface area contributed by atoms with Crippen molar-refractivity contribution in [3.63, 3.8) is 0 Å². The van der Waals surface area contributed by atoms with Gasteiger partial charge < -0.3 is 12.4 Å². The molecule has 78 valence electrons. The van der Waals surface area contributed by atoms with Crippen molar-refractivity contribution in [1.82, 2.24) is 0 Å². The van der Waals surface area contributed by atoms with E-state index in [-0.39, 0.29) is 12.4 Å². The van der Waals surface area contributed by atoms with Gasteiger partial charge in [-0.2, -0.15) is 0 Å². The van der Waals surface area contributed by atoms with Gasteiger partial charge in [0.1, 0.15) is 11.5 Å². The topological polar surface area (TPSA) is 0 Å². The fourth-order valence-electron chi connectivity index (χ4n) is 1.93. The molecule has 14 heavy (non-hydrogen) atoms. The lowest BCUT2D eigenvalue weighted by atomic mass is 10.2. The minimum absolute atomic E-state index is 0. The smallest absolute Gasteiger partial charge is 0.157 e. The lowest BCUT2D eigenvalue weighted by Gasteiger charge is -2.14. The highest BCUT2D eigenvalue weighted by Crippen LogP contribution is 2.24. The standard InChI is InChI=1S/C12H17S.ClH/c1-11-7-3-4-8-12(11)13-9-5-2-6-10-13;/h3-4,7-8H,2,5-6,9-10H2,1H3;1H/q+1;/p-1. The van der Waals surface area contributed by atoms with Crippen molar-refractivity contribution < 1.29 is 12.4 Å². The Kier molecular flexibility index (Phi) is 4.83. The normalized spacial score (nSPS) is 17.5. The van der Waals surface area contributed by atoms with Crippen LogP contribution in [0.3, 0.4) is 0 Å². The quantitative estimate of drug-likeness (QED) is 0.601. The maximum absolute atomic E-state index is 2.32. The predicted molar refractivity (Wildman–Crippen MR) is 60.4 cm³/mol. The zero-order chi connectivity index (χ0) is 9.10. The number of benzene rings is 1. The van der Waals surface area contributed by atoms with E-state index in [2.05, 4.69) is 31.2 Å². The molecule has 0 aromatic heterocycles. The third-order valence-electron chi connectivity index (χ3n) is 2.69. The fraction of sp³-hybridized carbons (Fsp3) is 0.500. The lowest BCUT2D eigenvalue weighted by molar-refractivity contribution is -0.00000276. The maximum atomic E-state index is 2.32. The Morgan fingerprint density at radius 3 is 2.29 bits per heavy atom. The van der Waals surface area contributed by atoms with Crippen molar-refractivity contribution in [2.24, 2.45) is 0 Å². The first-order valence-corrected chi connectivity index (χ1v) is 6.67. The summed E-state index contributed by atoms with van der Waals surface area (Å²) in [5.41, 5.74) is 1.49. The van der Waals surface area contributed by atoms with Crippen molar-refractivity contribution in [2.45, 2.75) is 31.1 Å². The summed E-state index contributed by atoms with van der Waals surface area (Å²) in [5.74, 6) is 2.87. The van der Waals surface area contributed by atoms with Gasteiger partial charge in [0.15, 0.2) is 4.90 Å². The molecule has 0 nitrogen and oxygen atoms in total. The van der Waals surface area contributed by atoms with E-state index in [4.69, 9.17) is 0 Å². The fourth-order valence-corrected chi connectivity index (χ4v) is 4.48. The summed E-state index contributed by atoms with van der Waals surface area (Å²) < 4.78 is 0. The minimum atomic E-state index is 0. The average molecular weight is 229 g/mol. The van der Waals surface area contributed by atoms with Gasteiger partial charge in [0, 0.05) is 16.5 Å². The van der Waals surface area contributed by atoms with Gasteiger partial charge in [-0.1, -0.05) is 18.2 Å². The molecule has 1 fully saturated rings. The van der Waals surface area contributed by atoms with Gasteiger partial charge in [-0.05, 0) is 32.3 Å². The molecule has 0 N–H and O–H groups in total. The molecular formula is C12H17ClS. The Balaban J connectivity index is 0.000000980. The Hall–Kier alpha value is -0.140. The van der Waals surface area contributed by atoms with Gasteiger partial charge in [0.25, 0.3) is 0 Å². The van der Waals surface area contributed by atoms with E-state index in [9.17, 15) is 0 Å². The van der Waals surface area contributed by atoms with Crippen LogP contribution >= 0.6 is 0 Å². The van der Waals surface area contributed by atoms with Crippen LogP contribution < -0.4 is 12.4 Å². The van der Waals surface area contributed by atoms with Crippen LogP contribution in [0.25, 0.3) is 0 Å². The van der Waals surface area contributed by atoms with Gasteiger partial charge in [-0.3, -0.25) is 0 Å². The minimum Gasteiger partial charge on any atom is -1.00 e. The van der Waals surface area contributed by atoms with E-state index in [0.29, 0.717) is 10.9 Å². The van der Waals surface area contributed by atoms with Gasteiger partial charge in [0.05, 0.1) is 0 Å². The van der Waals surface area contributed by atoms with Crippen LogP contribution in [0.1, 0.15) is 24.8 Å². The first kappa shape index (κ1) is 11.9. The van der Waals surface area contributed by atoms with Crippen LogP contribution in [0.2, 0.25) is 0 Å². The Bertz CT molecular complexity index is 279. The molecule has 1 aliphatic heterocycles. The highest BCUT2D eigenvalue weighted by atomic mass is 35.5. The van der Waals surface area contributed by atoms with Crippen LogP contribution in [0, 0.1) is 6.92 Å². The summed E-state index contributed by atoms with van der Waals surface area (Å²) in [4.78, 5) is 1.63. The van der Waals surface area contributed by atoms with Gasteiger partial charge in [-0.15, -0.1) is 0 Å². The Labute approximate surface area is 95.9 Å². The molecule has 0 bridgehead atoms. The molecule has 1 aliphatic rings. The molecule has 2 heteroatoms. The van der Waals surface area contributed by atoms with Crippen LogP contribution in [-0.2, 0) is 10.9 Å². The molecule has 1 aromatic carbocycles. The molecular weight excluding hydrogens is 212 g/mol. The zero-order valence-electron chi connectivity index (χ0n) is 8.63. The molecule has 0 radical (unpaired) electrons. The third kappa shape index (κ3) is 2.68. The highest BCUT2D eigenvalue weighted by Gasteiger charge is 2.25. The van der Waals surface area contributed by atoms with Gasteiger partial charge in [-0.25, -0.2) is 0 Å². The van der Waals surface area contributed by atoms with Gasteiger partial charge in [0.2, 0.25) is 0 Å². The number of hydrogen-bond acceptors (Lipinski definition) is 0. The molecule has 0 aliphatic carbocycles.